The zero-order valence-electron chi connectivity index (χ0n) is 48.0. The summed E-state index contributed by atoms with van der Waals surface area (Å²) < 4.78 is 50.6. The van der Waals surface area contributed by atoms with Crippen LogP contribution in [-0.4, -0.2) is 9.13 Å². The molecule has 0 amide bonds. The number of rotatable bonds is 8. The molecule has 0 atom stereocenters. The molecule has 0 saturated heterocycles. The van der Waals surface area contributed by atoms with E-state index in [0.717, 1.165) is 99.5 Å². The Balaban J connectivity index is 1.14. The molecular weight excluding hydrogens is 1020 g/mol. The van der Waals surface area contributed by atoms with Gasteiger partial charge in [0.15, 0.2) is 5.69 Å². The topological polar surface area (TPSA) is 14.2 Å². The summed E-state index contributed by atoms with van der Waals surface area (Å²) >= 11 is 0. The minimum Gasteiger partial charge on any atom is -0.310 e. The average molecular weight is 1080 g/mol. The van der Waals surface area contributed by atoms with Gasteiger partial charge in [-0.15, -0.1) is 0 Å². The van der Waals surface area contributed by atoms with Crippen molar-refractivity contribution in [2.75, 3.05) is 0 Å². The van der Waals surface area contributed by atoms with Gasteiger partial charge in [-0.25, -0.2) is 4.85 Å². The van der Waals surface area contributed by atoms with Crippen LogP contribution in [0.1, 0.15) is 55.6 Å². The SMILES string of the molecule is [C-]#[N+]c1cccc(-n2c3ccc(-c4ccc(C)cc4C)cc3c3cc(-c4ccc(C)cc4C)ccc32)c1-c1cc(-c2c(C)cccc2C(F)(F)F)ccc1-n1c2ccc(-c3ccc(C)cc3C)cc2c2cc(-c3ccc(C)cc3C)ccc21. The maximum absolute atomic E-state index is 15.4. The highest BCUT2D eigenvalue weighted by atomic mass is 19.4. The molecule has 0 aliphatic rings. The number of halogens is 3. The highest BCUT2D eigenvalue weighted by Gasteiger charge is 2.35. The van der Waals surface area contributed by atoms with Gasteiger partial charge in [0.05, 0.1) is 39.9 Å². The Morgan fingerprint density at radius 1 is 0.325 bits per heavy atom. The Morgan fingerprint density at radius 2 is 0.699 bits per heavy atom. The fraction of sp³-hybridized carbons (Fsp3) is 0.130. The number of aryl methyl sites for hydroxylation is 9. The second kappa shape index (κ2) is 20.1. The first-order chi connectivity index (χ1) is 39.9. The first-order valence-corrected chi connectivity index (χ1v) is 28.2. The summed E-state index contributed by atoms with van der Waals surface area (Å²) in [7, 11) is 0. The molecule has 0 bridgehead atoms. The number of alkyl halides is 3. The Hall–Kier alpha value is -9.70. The molecule has 2 aromatic heterocycles. The van der Waals surface area contributed by atoms with Crippen LogP contribution in [0.15, 0.2) is 200 Å². The van der Waals surface area contributed by atoms with Crippen molar-refractivity contribution in [1.82, 2.24) is 9.13 Å². The van der Waals surface area contributed by atoms with Gasteiger partial charge in [0.2, 0.25) is 0 Å². The van der Waals surface area contributed by atoms with Crippen molar-refractivity contribution in [3.63, 3.8) is 0 Å². The molecule has 13 rings (SSSR count). The predicted molar refractivity (Wildman–Crippen MR) is 342 cm³/mol. The maximum atomic E-state index is 15.4. The molecule has 83 heavy (non-hydrogen) atoms. The van der Waals surface area contributed by atoms with Crippen LogP contribution in [0.4, 0.5) is 18.9 Å². The van der Waals surface area contributed by atoms with Gasteiger partial charge in [-0.3, -0.25) is 0 Å². The van der Waals surface area contributed by atoms with Crippen molar-refractivity contribution in [1.29, 1.82) is 0 Å². The molecule has 0 radical (unpaired) electrons. The Kier molecular flexibility index (Phi) is 12.7. The fourth-order valence-electron chi connectivity index (χ4n) is 13.2. The molecule has 0 spiro atoms. The molecule has 13 aromatic rings. The molecule has 11 aromatic carbocycles. The molecule has 0 unspecified atom stereocenters. The van der Waals surface area contributed by atoms with E-state index in [-0.39, 0.29) is 5.56 Å². The Bertz CT molecular complexity index is 4680. The van der Waals surface area contributed by atoms with E-state index in [2.05, 4.69) is 221 Å². The van der Waals surface area contributed by atoms with Gasteiger partial charge in [0, 0.05) is 32.8 Å². The van der Waals surface area contributed by atoms with Crippen LogP contribution in [0, 0.1) is 68.9 Å². The van der Waals surface area contributed by atoms with Crippen LogP contribution in [0.2, 0.25) is 0 Å². The fourth-order valence-corrected chi connectivity index (χ4v) is 13.2. The van der Waals surface area contributed by atoms with Crippen LogP contribution in [-0.2, 0) is 6.18 Å². The Morgan fingerprint density at radius 3 is 1.07 bits per heavy atom. The summed E-state index contributed by atoms with van der Waals surface area (Å²) in [6.07, 6.45) is -4.64. The van der Waals surface area contributed by atoms with Crippen molar-refractivity contribution in [3.05, 3.63) is 267 Å². The third-order valence-corrected chi connectivity index (χ3v) is 17.1. The molecule has 0 N–H and O–H groups in total. The third kappa shape index (κ3) is 9.00. The maximum Gasteiger partial charge on any atom is 0.417 e. The standard InChI is InChI=1S/C77H60F3N3/c1-44-17-26-58(49(6)35-44)53-21-30-69-62(39-53)63-40-54(59-27-18-45(2)36-50(59)7)22-31-70(63)82(69)73-34-25-57(75-48(5)13-11-14-67(75)77(78,79)80)43-66(73)76-68(81-10)15-12-16-74(76)83-71-32-23-55(60-28-19-46(3)37-51(60)8)41-64(71)65-42-56(24-33-72(65)83)61-29-20-47(4)38-52(61)9/h11-43H,1-9H3. The number of hydrogen-bond donors (Lipinski definition) is 0. The van der Waals surface area contributed by atoms with Crippen molar-refractivity contribution in [2.24, 2.45) is 0 Å². The number of fused-ring (bicyclic) bond motifs is 6. The van der Waals surface area contributed by atoms with Crippen LogP contribution in [0.25, 0.3) is 127 Å². The van der Waals surface area contributed by atoms with E-state index in [4.69, 9.17) is 6.57 Å². The van der Waals surface area contributed by atoms with Gasteiger partial charge in [0.1, 0.15) is 0 Å². The molecular formula is C77H60F3N3. The first-order valence-electron chi connectivity index (χ1n) is 28.2. The number of benzene rings is 11. The normalized spacial score (nSPS) is 11.8. The molecule has 0 aliphatic carbocycles. The van der Waals surface area contributed by atoms with Crippen LogP contribution in [0.5, 0.6) is 0 Å². The summed E-state index contributed by atoms with van der Waals surface area (Å²) in [4.78, 5) is 4.31. The van der Waals surface area contributed by atoms with Crippen molar-refractivity contribution in [3.8, 4) is 78.1 Å². The monoisotopic (exact) mass is 1080 g/mol. The molecule has 3 nitrogen and oxygen atoms in total. The lowest BCUT2D eigenvalue weighted by atomic mass is 9.90. The highest BCUT2D eigenvalue weighted by Crippen LogP contribution is 2.49. The Labute approximate surface area is 483 Å². The predicted octanol–water partition coefficient (Wildman–Crippen LogP) is 22.2. The summed E-state index contributed by atoms with van der Waals surface area (Å²) in [6.45, 7) is 27.8. The smallest absolute Gasteiger partial charge is 0.310 e. The van der Waals surface area contributed by atoms with Crippen molar-refractivity contribution < 1.29 is 13.2 Å². The quantitative estimate of drug-likeness (QED) is 0.135. The molecule has 0 fully saturated rings. The van der Waals surface area contributed by atoms with Crippen molar-refractivity contribution >= 4 is 49.3 Å². The molecule has 6 heteroatoms. The van der Waals surface area contributed by atoms with Gasteiger partial charge in [-0.05, 0) is 224 Å². The van der Waals surface area contributed by atoms with E-state index in [0.29, 0.717) is 27.9 Å². The van der Waals surface area contributed by atoms with Crippen LogP contribution >= 0.6 is 0 Å². The molecule has 404 valence electrons. The second-order valence-corrected chi connectivity index (χ2v) is 22.9. The number of aromatic nitrogens is 2. The van der Waals surface area contributed by atoms with Gasteiger partial charge in [-0.2, -0.15) is 13.2 Å². The second-order valence-electron chi connectivity index (χ2n) is 22.9. The minimum absolute atomic E-state index is 0.0998. The minimum atomic E-state index is -4.64. The van der Waals surface area contributed by atoms with E-state index in [9.17, 15) is 0 Å². The van der Waals surface area contributed by atoms with Crippen LogP contribution in [0.3, 0.4) is 0 Å². The van der Waals surface area contributed by atoms with E-state index >= 15 is 13.2 Å². The molecule has 0 aliphatic heterocycles. The number of nitrogens with zero attached hydrogens (tertiary/aromatic N) is 3. The van der Waals surface area contributed by atoms with E-state index in [1.165, 1.54) is 56.6 Å². The summed E-state index contributed by atoms with van der Waals surface area (Å²) in [5.74, 6) is 0. The zero-order valence-corrected chi connectivity index (χ0v) is 48.0. The lowest BCUT2D eigenvalue weighted by molar-refractivity contribution is -0.137. The largest absolute Gasteiger partial charge is 0.417 e. The average Bonchev–Trinajstić information content (AvgIpc) is 2.96. The number of hydrogen-bond acceptors (Lipinski definition) is 0. The summed E-state index contributed by atoms with van der Waals surface area (Å²) in [5.41, 5.74) is 25.4. The first kappa shape index (κ1) is 52.7. The summed E-state index contributed by atoms with van der Waals surface area (Å²) in [5, 5.41) is 4.12. The van der Waals surface area contributed by atoms with E-state index in [1.54, 1.807) is 13.0 Å². The molecule has 2 heterocycles. The van der Waals surface area contributed by atoms with Gasteiger partial charge in [-0.1, -0.05) is 150 Å². The highest BCUT2D eigenvalue weighted by molar-refractivity contribution is 6.15. The summed E-state index contributed by atoms with van der Waals surface area (Å²) in [6, 6.07) is 68.7. The van der Waals surface area contributed by atoms with Gasteiger partial charge in [0.25, 0.3) is 0 Å². The van der Waals surface area contributed by atoms with Crippen molar-refractivity contribution in [2.45, 2.75) is 68.5 Å². The van der Waals surface area contributed by atoms with Gasteiger partial charge < -0.3 is 9.13 Å². The van der Waals surface area contributed by atoms with Gasteiger partial charge >= 0.3 is 6.18 Å². The van der Waals surface area contributed by atoms with Crippen LogP contribution < -0.4 is 0 Å². The zero-order chi connectivity index (χ0) is 57.7. The van der Waals surface area contributed by atoms with E-state index in [1.807, 2.05) is 30.3 Å². The third-order valence-electron chi connectivity index (χ3n) is 17.1. The lowest BCUT2D eigenvalue weighted by Gasteiger charge is -2.22. The molecule has 0 saturated carbocycles. The van der Waals surface area contributed by atoms with E-state index < -0.39 is 11.7 Å². The lowest BCUT2D eigenvalue weighted by Crippen LogP contribution is -2.08.